The van der Waals surface area contributed by atoms with Crippen LogP contribution in [0.1, 0.15) is 37.8 Å². The van der Waals surface area contributed by atoms with Gasteiger partial charge in [0.2, 0.25) is 10.0 Å². The number of nitrogens with zero attached hydrogens (tertiary/aromatic N) is 2. The van der Waals surface area contributed by atoms with Gasteiger partial charge in [0, 0.05) is 13.1 Å². The van der Waals surface area contributed by atoms with Crippen molar-refractivity contribution in [2.45, 2.75) is 38.0 Å². The minimum Gasteiger partial charge on any atom is -0.212 e. The average Bonchev–Trinajstić information content (AvgIpc) is 2.35. The lowest BCUT2D eigenvalue weighted by Gasteiger charge is -2.37. The van der Waals surface area contributed by atoms with E-state index < -0.39 is 20.6 Å². The fourth-order valence-electron chi connectivity index (χ4n) is 2.45. The average molecular weight is 296 g/mol. The maximum atomic E-state index is 13.4. The van der Waals surface area contributed by atoms with Crippen LogP contribution in [0.3, 0.4) is 0 Å². The monoisotopic (exact) mass is 296 g/mol. The predicted octanol–water partition coefficient (Wildman–Crippen LogP) is 2.40. The Morgan fingerprint density at radius 2 is 2.10 bits per heavy atom. The Kier molecular flexibility index (Phi) is 3.85. The second-order valence-corrected chi connectivity index (χ2v) is 8.23. The molecule has 1 aromatic rings. The number of sulfonamides is 1. The Hall–Kier alpha value is -1.45. The second-order valence-electron chi connectivity index (χ2n) is 5.66. The van der Waals surface area contributed by atoms with Crippen molar-refractivity contribution in [2.75, 3.05) is 6.54 Å². The highest BCUT2D eigenvalue weighted by Crippen LogP contribution is 2.32. The van der Waals surface area contributed by atoms with E-state index in [1.807, 2.05) is 6.07 Å². The molecule has 0 aliphatic carbocycles. The van der Waals surface area contributed by atoms with Gasteiger partial charge in [0.15, 0.2) is 0 Å². The third-order valence-corrected chi connectivity index (χ3v) is 6.26. The third kappa shape index (κ3) is 2.69. The quantitative estimate of drug-likeness (QED) is 0.842. The van der Waals surface area contributed by atoms with Crippen molar-refractivity contribution in [3.05, 3.63) is 35.1 Å². The first-order valence-electron chi connectivity index (χ1n) is 6.45. The largest absolute Gasteiger partial charge is 0.219 e. The molecule has 1 fully saturated rings. The number of hydrogen-bond donors (Lipinski definition) is 0. The number of nitriles is 1. The highest BCUT2D eigenvalue weighted by molar-refractivity contribution is 7.90. The van der Waals surface area contributed by atoms with E-state index >= 15 is 0 Å². The zero-order valence-corrected chi connectivity index (χ0v) is 12.4. The molecule has 1 aromatic carbocycles. The third-order valence-electron chi connectivity index (χ3n) is 3.67. The van der Waals surface area contributed by atoms with Crippen molar-refractivity contribution in [1.82, 2.24) is 4.31 Å². The molecule has 0 amide bonds. The number of benzene rings is 1. The topological polar surface area (TPSA) is 61.2 Å². The fourth-order valence-corrected chi connectivity index (χ4v) is 4.24. The van der Waals surface area contributed by atoms with Crippen LogP contribution in [0, 0.1) is 17.1 Å². The first-order valence-corrected chi connectivity index (χ1v) is 7.89. The molecule has 1 saturated heterocycles. The van der Waals surface area contributed by atoms with Crippen molar-refractivity contribution in [3.63, 3.8) is 0 Å². The van der Waals surface area contributed by atoms with Crippen molar-refractivity contribution in [3.8, 4) is 6.07 Å². The zero-order valence-electron chi connectivity index (χ0n) is 11.6. The van der Waals surface area contributed by atoms with Crippen LogP contribution in [-0.4, -0.2) is 24.0 Å². The summed E-state index contributed by atoms with van der Waals surface area (Å²) in [4.78, 5) is 0. The van der Waals surface area contributed by atoms with Gasteiger partial charge in [-0.2, -0.15) is 9.57 Å². The minimum atomic E-state index is -3.40. The standard InChI is InChI=1S/C14H17FN2O2S/c1-14(2)4-3-5-17(20(14,18)19)10-12-6-11(9-16)7-13(15)8-12/h6-8H,3-5,10H2,1-2H3. The molecule has 1 aliphatic heterocycles. The molecule has 0 N–H and O–H groups in total. The summed E-state index contributed by atoms with van der Waals surface area (Å²) in [5, 5.41) is 8.83. The second kappa shape index (κ2) is 5.15. The van der Waals surface area contributed by atoms with Crippen LogP contribution >= 0.6 is 0 Å². The molecule has 0 unspecified atom stereocenters. The van der Waals surface area contributed by atoms with Gasteiger partial charge >= 0.3 is 0 Å². The van der Waals surface area contributed by atoms with Crippen LogP contribution < -0.4 is 0 Å². The van der Waals surface area contributed by atoms with Gasteiger partial charge in [-0.05, 0) is 50.5 Å². The number of rotatable bonds is 2. The molecule has 108 valence electrons. The minimum absolute atomic E-state index is 0.109. The van der Waals surface area contributed by atoms with E-state index in [1.165, 1.54) is 16.4 Å². The van der Waals surface area contributed by atoms with Crippen LogP contribution in [0.15, 0.2) is 18.2 Å². The van der Waals surface area contributed by atoms with E-state index in [1.54, 1.807) is 13.8 Å². The van der Waals surface area contributed by atoms with E-state index in [4.69, 9.17) is 5.26 Å². The van der Waals surface area contributed by atoms with Gasteiger partial charge in [0.25, 0.3) is 0 Å². The molecule has 4 nitrogen and oxygen atoms in total. The molecular formula is C14H17FN2O2S. The Morgan fingerprint density at radius 3 is 2.75 bits per heavy atom. The van der Waals surface area contributed by atoms with Gasteiger partial charge in [0.05, 0.1) is 16.4 Å². The Labute approximate surface area is 118 Å². The summed E-state index contributed by atoms with van der Waals surface area (Å²) in [5.41, 5.74) is 0.705. The van der Waals surface area contributed by atoms with Gasteiger partial charge < -0.3 is 0 Å². The summed E-state index contributed by atoms with van der Waals surface area (Å²) < 4.78 is 38.9. The lowest BCUT2D eigenvalue weighted by atomic mass is 10.1. The smallest absolute Gasteiger partial charge is 0.212 e. The van der Waals surface area contributed by atoms with Crippen LogP contribution in [0.25, 0.3) is 0 Å². The first-order chi connectivity index (χ1) is 9.26. The molecule has 1 heterocycles. The zero-order chi connectivity index (χ0) is 15.0. The molecule has 20 heavy (non-hydrogen) atoms. The Balaban J connectivity index is 2.31. The first kappa shape index (κ1) is 14.9. The van der Waals surface area contributed by atoms with Gasteiger partial charge in [0.1, 0.15) is 5.82 Å². The van der Waals surface area contributed by atoms with Crippen LogP contribution in [0.4, 0.5) is 4.39 Å². The summed E-state index contributed by atoms with van der Waals surface area (Å²) in [6, 6.07) is 5.82. The molecule has 0 spiro atoms. The molecule has 0 bridgehead atoms. The van der Waals surface area contributed by atoms with Crippen LogP contribution in [-0.2, 0) is 16.6 Å². The predicted molar refractivity (Wildman–Crippen MR) is 73.8 cm³/mol. The molecule has 2 rings (SSSR count). The maximum absolute atomic E-state index is 13.4. The summed E-state index contributed by atoms with van der Waals surface area (Å²) in [7, 11) is -3.40. The van der Waals surface area contributed by atoms with Crippen LogP contribution in [0.5, 0.6) is 0 Å². The van der Waals surface area contributed by atoms with Crippen molar-refractivity contribution in [1.29, 1.82) is 5.26 Å². The summed E-state index contributed by atoms with van der Waals surface area (Å²) in [5.74, 6) is -0.521. The molecule has 0 radical (unpaired) electrons. The Morgan fingerprint density at radius 1 is 1.40 bits per heavy atom. The van der Waals surface area contributed by atoms with Crippen molar-refractivity contribution in [2.24, 2.45) is 0 Å². The Bertz CT molecular complexity index is 662. The molecule has 6 heteroatoms. The number of hydrogen-bond acceptors (Lipinski definition) is 3. The summed E-state index contributed by atoms with van der Waals surface area (Å²) in [6.07, 6.45) is 1.41. The van der Waals surface area contributed by atoms with E-state index in [0.29, 0.717) is 18.5 Å². The van der Waals surface area contributed by atoms with Gasteiger partial charge in [-0.1, -0.05) is 0 Å². The van der Waals surface area contributed by atoms with E-state index in [2.05, 4.69) is 0 Å². The van der Waals surface area contributed by atoms with Gasteiger partial charge in [-0.25, -0.2) is 12.8 Å². The van der Waals surface area contributed by atoms with Crippen molar-refractivity contribution < 1.29 is 12.8 Å². The molecule has 0 atom stereocenters. The van der Waals surface area contributed by atoms with E-state index in [-0.39, 0.29) is 12.1 Å². The summed E-state index contributed by atoms with van der Waals surface area (Å²) >= 11 is 0. The SMILES string of the molecule is CC1(C)CCCN(Cc2cc(F)cc(C#N)c2)S1(=O)=O. The number of halogens is 1. The van der Waals surface area contributed by atoms with E-state index in [9.17, 15) is 12.8 Å². The molecule has 0 aromatic heterocycles. The van der Waals surface area contributed by atoms with E-state index in [0.717, 1.165) is 12.5 Å². The van der Waals surface area contributed by atoms with Gasteiger partial charge in [-0.3, -0.25) is 0 Å². The lowest BCUT2D eigenvalue weighted by molar-refractivity contribution is 0.332. The highest BCUT2D eigenvalue weighted by atomic mass is 32.2. The van der Waals surface area contributed by atoms with Gasteiger partial charge in [-0.15, -0.1) is 0 Å². The normalized spacial score (nSPS) is 21.3. The van der Waals surface area contributed by atoms with Crippen LogP contribution in [0.2, 0.25) is 0 Å². The molecule has 0 saturated carbocycles. The highest BCUT2D eigenvalue weighted by Gasteiger charge is 2.42. The lowest BCUT2D eigenvalue weighted by Crippen LogP contribution is -2.48. The summed E-state index contributed by atoms with van der Waals surface area (Å²) in [6.45, 7) is 3.96. The fraction of sp³-hybridized carbons (Fsp3) is 0.500. The molecule has 1 aliphatic rings. The maximum Gasteiger partial charge on any atom is 0.219 e. The van der Waals surface area contributed by atoms with Crippen molar-refractivity contribution >= 4 is 10.0 Å². The molecular weight excluding hydrogens is 279 g/mol.